The second-order valence-electron chi connectivity index (χ2n) is 8.89. The summed E-state index contributed by atoms with van der Waals surface area (Å²) in [4.78, 5) is 17.2. The molecule has 172 valence electrons. The number of pyridine rings is 2. The molecule has 0 aliphatic carbocycles. The summed E-state index contributed by atoms with van der Waals surface area (Å²) in [7, 11) is 2.74. The second-order valence-corrected chi connectivity index (χ2v) is 9.55. The maximum Gasteiger partial charge on any atom is 0.159 e. The summed E-state index contributed by atoms with van der Waals surface area (Å²) in [5.41, 5.74) is 8.62. The number of nitrogens with zero attached hydrogens (tertiary/aromatic N) is 4. The van der Waals surface area contributed by atoms with Crippen LogP contribution in [0.4, 0.5) is 5.69 Å². The molecule has 0 spiro atoms. The number of hydrogen-bond acceptors (Lipinski definition) is 5. The van der Waals surface area contributed by atoms with E-state index in [1.807, 2.05) is 30.7 Å². The Bertz CT molecular complexity index is 1680. The maximum absolute atomic E-state index is 4.95. The molecule has 0 aliphatic rings. The molecular formula is C27H24N7P. The third kappa shape index (κ3) is 4.04. The van der Waals surface area contributed by atoms with E-state index in [-0.39, 0.29) is 0 Å². The van der Waals surface area contributed by atoms with Crippen molar-refractivity contribution in [2.24, 2.45) is 0 Å². The van der Waals surface area contributed by atoms with Crippen LogP contribution in [0.25, 0.3) is 55.7 Å². The fraction of sp³-hybridized carbons (Fsp3) is 0.111. The Morgan fingerprint density at radius 2 is 1.74 bits per heavy atom. The Labute approximate surface area is 204 Å². The highest BCUT2D eigenvalue weighted by molar-refractivity contribution is 7.27. The number of nitrogens with one attached hydrogen (secondary N) is 3. The fourth-order valence-electron chi connectivity index (χ4n) is 4.35. The van der Waals surface area contributed by atoms with Crippen molar-refractivity contribution in [3.8, 4) is 33.8 Å². The van der Waals surface area contributed by atoms with Crippen molar-refractivity contribution in [1.82, 2.24) is 30.1 Å². The van der Waals surface area contributed by atoms with E-state index in [2.05, 4.69) is 90.0 Å². The number of H-pyrrole nitrogens is 2. The van der Waals surface area contributed by atoms with E-state index in [9.17, 15) is 0 Å². The van der Waals surface area contributed by atoms with Crippen LogP contribution in [0, 0.1) is 0 Å². The summed E-state index contributed by atoms with van der Waals surface area (Å²) in [6, 6.07) is 17.0. The third-order valence-corrected chi connectivity index (χ3v) is 6.27. The molecule has 6 rings (SSSR count). The first-order valence-electron chi connectivity index (χ1n) is 11.5. The van der Waals surface area contributed by atoms with Gasteiger partial charge in [-0.1, -0.05) is 24.3 Å². The molecule has 0 radical (unpaired) electrons. The first-order valence-corrected chi connectivity index (χ1v) is 12.0. The van der Waals surface area contributed by atoms with Crippen molar-refractivity contribution in [3.05, 3.63) is 73.3 Å². The van der Waals surface area contributed by atoms with Gasteiger partial charge < -0.3 is 10.3 Å². The van der Waals surface area contributed by atoms with Crippen molar-refractivity contribution < 1.29 is 0 Å². The lowest BCUT2D eigenvalue weighted by atomic mass is 10.0. The van der Waals surface area contributed by atoms with Gasteiger partial charge in [0.05, 0.1) is 28.4 Å². The molecule has 0 aliphatic heterocycles. The highest BCUT2D eigenvalue weighted by Gasteiger charge is 2.16. The Balaban J connectivity index is 1.45. The average Bonchev–Trinajstić information content (AvgIpc) is 3.47. The molecule has 0 fully saturated rings. The molecule has 35 heavy (non-hydrogen) atoms. The van der Waals surface area contributed by atoms with Gasteiger partial charge in [-0.25, -0.2) is 4.98 Å². The number of rotatable bonds is 5. The Kier molecular flexibility index (Phi) is 5.27. The van der Waals surface area contributed by atoms with E-state index in [4.69, 9.17) is 4.98 Å². The molecule has 4 heterocycles. The predicted octanol–water partition coefficient (Wildman–Crippen LogP) is 5.55. The van der Waals surface area contributed by atoms with Crippen LogP contribution in [0.5, 0.6) is 0 Å². The zero-order valence-electron chi connectivity index (χ0n) is 19.4. The van der Waals surface area contributed by atoms with E-state index in [0.29, 0.717) is 11.9 Å². The first-order chi connectivity index (χ1) is 17.0. The molecule has 0 saturated heterocycles. The van der Waals surface area contributed by atoms with Gasteiger partial charge in [0, 0.05) is 41.1 Å². The van der Waals surface area contributed by atoms with Gasteiger partial charge in [-0.15, -0.1) is 9.24 Å². The minimum absolute atomic E-state index is 0.334. The van der Waals surface area contributed by atoms with Gasteiger partial charge in [0.25, 0.3) is 0 Å². The first kappa shape index (κ1) is 21.4. The summed E-state index contributed by atoms with van der Waals surface area (Å²) < 4.78 is 0. The van der Waals surface area contributed by atoms with Gasteiger partial charge in [0.15, 0.2) is 5.82 Å². The standard InChI is InChI=1S/C27H24N7P/c1-15(2)30-19-8-18(11-28-12-19)16-6-7-23-21(10-16)26(34-33-23)27-31-24-14-29-13-22(25(24)32-27)17-4-3-5-20(35)9-17/h3-15,30H,35H2,1-2H3,(H,31,32)(H,33,34). The smallest absolute Gasteiger partial charge is 0.159 e. The van der Waals surface area contributed by atoms with Crippen molar-refractivity contribution in [2.45, 2.75) is 19.9 Å². The number of hydrogen-bond donors (Lipinski definition) is 3. The van der Waals surface area contributed by atoms with E-state index < -0.39 is 0 Å². The van der Waals surface area contributed by atoms with E-state index in [1.165, 1.54) is 0 Å². The van der Waals surface area contributed by atoms with Crippen LogP contribution in [-0.2, 0) is 0 Å². The molecule has 6 aromatic rings. The lowest BCUT2D eigenvalue weighted by Gasteiger charge is -2.11. The van der Waals surface area contributed by atoms with Gasteiger partial charge in [-0.3, -0.25) is 15.1 Å². The van der Waals surface area contributed by atoms with E-state index in [0.717, 1.165) is 60.9 Å². The minimum Gasteiger partial charge on any atom is -0.382 e. The highest BCUT2D eigenvalue weighted by Crippen LogP contribution is 2.33. The van der Waals surface area contributed by atoms with Crippen molar-refractivity contribution in [2.75, 3.05) is 5.32 Å². The van der Waals surface area contributed by atoms with E-state index in [1.54, 1.807) is 6.20 Å². The van der Waals surface area contributed by atoms with Gasteiger partial charge in [-0.05, 0) is 54.5 Å². The lowest BCUT2D eigenvalue weighted by molar-refractivity contribution is 0.898. The largest absolute Gasteiger partial charge is 0.382 e. The molecule has 2 aromatic carbocycles. The number of benzene rings is 2. The number of aromatic nitrogens is 6. The van der Waals surface area contributed by atoms with Crippen LogP contribution in [0.3, 0.4) is 0 Å². The van der Waals surface area contributed by atoms with Crippen molar-refractivity contribution in [1.29, 1.82) is 0 Å². The SMILES string of the molecule is CC(C)Nc1cncc(-c2ccc3[nH]nc(-c4nc5c(-c6cccc(P)c6)cncc5[nH]4)c3c2)c1. The van der Waals surface area contributed by atoms with Crippen LogP contribution in [0.15, 0.2) is 73.3 Å². The van der Waals surface area contributed by atoms with Gasteiger partial charge in [0.2, 0.25) is 0 Å². The number of aromatic amines is 2. The Morgan fingerprint density at radius 1 is 0.857 bits per heavy atom. The van der Waals surface area contributed by atoms with Gasteiger partial charge >= 0.3 is 0 Å². The Morgan fingerprint density at radius 3 is 2.60 bits per heavy atom. The van der Waals surface area contributed by atoms with E-state index >= 15 is 0 Å². The number of imidazole rings is 1. The number of anilines is 1. The minimum atomic E-state index is 0.334. The van der Waals surface area contributed by atoms with Crippen LogP contribution in [-0.4, -0.2) is 36.2 Å². The average molecular weight is 478 g/mol. The maximum atomic E-state index is 4.95. The number of fused-ring (bicyclic) bond motifs is 2. The molecule has 7 nitrogen and oxygen atoms in total. The van der Waals surface area contributed by atoms with Crippen LogP contribution < -0.4 is 10.6 Å². The summed E-state index contributed by atoms with van der Waals surface area (Å²) in [5.74, 6) is 0.702. The summed E-state index contributed by atoms with van der Waals surface area (Å²) in [6.45, 7) is 4.23. The van der Waals surface area contributed by atoms with Gasteiger partial charge in [-0.2, -0.15) is 5.10 Å². The summed E-state index contributed by atoms with van der Waals surface area (Å²) in [6.07, 6.45) is 7.39. The Hall–Kier alpha value is -4.09. The monoisotopic (exact) mass is 477 g/mol. The predicted molar refractivity (Wildman–Crippen MR) is 146 cm³/mol. The molecule has 1 atom stereocenters. The normalized spacial score (nSPS) is 11.5. The van der Waals surface area contributed by atoms with Crippen molar-refractivity contribution >= 4 is 42.2 Å². The molecule has 0 amide bonds. The van der Waals surface area contributed by atoms with Crippen LogP contribution in [0.1, 0.15) is 13.8 Å². The fourth-order valence-corrected chi connectivity index (χ4v) is 4.64. The highest BCUT2D eigenvalue weighted by atomic mass is 31.0. The quantitative estimate of drug-likeness (QED) is 0.283. The zero-order chi connectivity index (χ0) is 23.9. The molecule has 0 saturated carbocycles. The zero-order valence-corrected chi connectivity index (χ0v) is 20.5. The molecule has 0 bridgehead atoms. The topological polar surface area (TPSA) is 95.2 Å². The summed E-state index contributed by atoms with van der Waals surface area (Å²) >= 11 is 0. The lowest BCUT2D eigenvalue weighted by Crippen LogP contribution is -2.09. The van der Waals surface area contributed by atoms with Crippen molar-refractivity contribution in [3.63, 3.8) is 0 Å². The third-order valence-electron chi connectivity index (χ3n) is 5.91. The summed E-state index contributed by atoms with van der Waals surface area (Å²) in [5, 5.41) is 13.3. The van der Waals surface area contributed by atoms with Gasteiger partial charge in [0.1, 0.15) is 5.69 Å². The molecule has 8 heteroatoms. The second kappa shape index (κ2) is 8.60. The van der Waals surface area contributed by atoms with Crippen LogP contribution in [0.2, 0.25) is 0 Å². The molecule has 1 unspecified atom stereocenters. The molecule has 4 aromatic heterocycles. The molecular weight excluding hydrogens is 453 g/mol. The van der Waals surface area contributed by atoms with Crippen LogP contribution >= 0.6 is 9.24 Å². The molecule has 3 N–H and O–H groups in total.